The van der Waals surface area contributed by atoms with Crippen molar-refractivity contribution in [2.45, 2.75) is 0 Å². The van der Waals surface area contributed by atoms with E-state index in [-0.39, 0.29) is 0 Å². The predicted octanol–water partition coefficient (Wildman–Crippen LogP) is 13.0. The third-order valence-electron chi connectivity index (χ3n) is 9.44. The summed E-state index contributed by atoms with van der Waals surface area (Å²) in [5.41, 5.74) is 9.96. The van der Waals surface area contributed by atoms with Gasteiger partial charge < -0.3 is 0 Å². The van der Waals surface area contributed by atoms with E-state index in [2.05, 4.69) is 182 Å². The normalized spacial score (nSPS) is 11.5. The fourth-order valence-electron chi connectivity index (χ4n) is 7.25. The van der Waals surface area contributed by atoms with Gasteiger partial charge in [-0.2, -0.15) is 0 Å². The Labute approximate surface area is 268 Å². The summed E-state index contributed by atoms with van der Waals surface area (Å²) >= 11 is 0. The molecule has 0 aromatic heterocycles. The summed E-state index contributed by atoms with van der Waals surface area (Å²) in [5, 5.41) is 10.1. The van der Waals surface area contributed by atoms with E-state index in [9.17, 15) is 0 Å². The molecular weight excluding hydrogens is 553 g/mol. The van der Waals surface area contributed by atoms with E-state index < -0.39 is 0 Å². The molecule has 0 aliphatic carbocycles. The molecule has 0 bridgehead atoms. The Kier molecular flexibility index (Phi) is 6.25. The molecule has 9 rings (SSSR count). The van der Waals surface area contributed by atoms with Crippen LogP contribution >= 0.6 is 0 Å². The van der Waals surface area contributed by atoms with Crippen LogP contribution in [0.2, 0.25) is 0 Å². The van der Waals surface area contributed by atoms with E-state index in [0.29, 0.717) is 0 Å². The summed E-state index contributed by atoms with van der Waals surface area (Å²) in [4.78, 5) is 0. The average molecular weight is 583 g/mol. The van der Waals surface area contributed by atoms with Crippen molar-refractivity contribution in [3.8, 4) is 44.5 Å². The third-order valence-corrected chi connectivity index (χ3v) is 9.44. The fraction of sp³-hybridized carbons (Fsp3) is 0. The molecule has 46 heavy (non-hydrogen) atoms. The van der Waals surface area contributed by atoms with E-state index in [0.717, 1.165) is 0 Å². The van der Waals surface area contributed by atoms with Crippen molar-refractivity contribution in [1.29, 1.82) is 0 Å². The summed E-state index contributed by atoms with van der Waals surface area (Å²) in [6.07, 6.45) is 0. The van der Waals surface area contributed by atoms with Crippen LogP contribution in [-0.4, -0.2) is 0 Å². The highest BCUT2D eigenvalue weighted by Crippen LogP contribution is 2.45. The molecule has 0 saturated heterocycles. The van der Waals surface area contributed by atoms with Gasteiger partial charge in [0, 0.05) is 0 Å². The molecule has 0 amide bonds. The Morgan fingerprint density at radius 1 is 0.217 bits per heavy atom. The Balaban J connectivity index is 1.31. The summed E-state index contributed by atoms with van der Waals surface area (Å²) in [5.74, 6) is 0. The maximum atomic E-state index is 2.42. The molecule has 214 valence electrons. The minimum atomic E-state index is 1.22. The molecular formula is C46H30. The molecule has 0 N–H and O–H groups in total. The van der Waals surface area contributed by atoms with E-state index in [1.807, 2.05) is 0 Å². The first-order valence-corrected chi connectivity index (χ1v) is 15.9. The van der Waals surface area contributed by atoms with Gasteiger partial charge in [0.25, 0.3) is 0 Å². The maximum Gasteiger partial charge on any atom is -0.00261 e. The lowest BCUT2D eigenvalue weighted by molar-refractivity contribution is 1.62. The number of benzene rings is 9. The molecule has 0 saturated carbocycles. The molecule has 0 heterocycles. The fourth-order valence-corrected chi connectivity index (χ4v) is 7.25. The highest BCUT2D eigenvalue weighted by molar-refractivity contribution is 6.22. The van der Waals surface area contributed by atoms with Gasteiger partial charge in [0.15, 0.2) is 0 Å². The van der Waals surface area contributed by atoms with Crippen molar-refractivity contribution >= 4 is 43.1 Å². The van der Waals surface area contributed by atoms with Crippen molar-refractivity contribution in [3.05, 3.63) is 182 Å². The topological polar surface area (TPSA) is 0 Å². The Bertz CT molecular complexity index is 2550. The molecule has 0 spiro atoms. The smallest absolute Gasteiger partial charge is 0.00261 e. The van der Waals surface area contributed by atoms with E-state index in [4.69, 9.17) is 0 Å². The zero-order valence-corrected chi connectivity index (χ0v) is 25.3. The summed E-state index contributed by atoms with van der Waals surface area (Å²) in [6, 6.07) is 66.6. The van der Waals surface area contributed by atoms with Gasteiger partial charge in [0.2, 0.25) is 0 Å². The Morgan fingerprint density at radius 3 is 1.52 bits per heavy atom. The first-order chi connectivity index (χ1) is 22.8. The monoisotopic (exact) mass is 582 g/mol. The molecule has 0 unspecified atom stereocenters. The van der Waals surface area contributed by atoms with Crippen molar-refractivity contribution in [2.24, 2.45) is 0 Å². The lowest BCUT2D eigenvalue weighted by Gasteiger charge is -2.19. The van der Waals surface area contributed by atoms with Crippen LogP contribution in [0.4, 0.5) is 0 Å². The Hall–Kier alpha value is -5.98. The summed E-state index contributed by atoms with van der Waals surface area (Å²) in [6.45, 7) is 0. The molecule has 0 fully saturated rings. The predicted molar refractivity (Wildman–Crippen MR) is 198 cm³/mol. The molecule has 0 heteroatoms. The second-order valence-corrected chi connectivity index (χ2v) is 12.1. The van der Waals surface area contributed by atoms with Crippen LogP contribution < -0.4 is 0 Å². The van der Waals surface area contributed by atoms with Crippen molar-refractivity contribution < 1.29 is 0 Å². The van der Waals surface area contributed by atoms with Gasteiger partial charge in [-0.25, -0.2) is 0 Å². The van der Waals surface area contributed by atoms with Crippen molar-refractivity contribution in [1.82, 2.24) is 0 Å². The van der Waals surface area contributed by atoms with Crippen molar-refractivity contribution in [2.75, 3.05) is 0 Å². The van der Waals surface area contributed by atoms with Crippen LogP contribution in [0.15, 0.2) is 182 Å². The zero-order chi connectivity index (χ0) is 30.5. The molecule has 0 nitrogen and oxygen atoms in total. The van der Waals surface area contributed by atoms with Gasteiger partial charge in [-0.05, 0) is 99.7 Å². The second kappa shape index (κ2) is 10.9. The first-order valence-electron chi connectivity index (χ1n) is 15.9. The largest absolute Gasteiger partial charge is 0.0622 e. The van der Waals surface area contributed by atoms with E-state index in [1.165, 1.54) is 87.6 Å². The van der Waals surface area contributed by atoms with Gasteiger partial charge in [-0.1, -0.05) is 170 Å². The van der Waals surface area contributed by atoms with Crippen LogP contribution in [0, 0.1) is 0 Å². The minimum Gasteiger partial charge on any atom is -0.0622 e. The Morgan fingerprint density at radius 2 is 0.739 bits per heavy atom. The SMILES string of the molecule is c1ccc(-c2c3ccccc3c(-c3ccc(-c4ccc5ccccc5c4)cc3)c3cc(-c4cccc5ccccc45)ccc23)cc1. The highest BCUT2D eigenvalue weighted by Gasteiger charge is 2.18. The van der Waals surface area contributed by atoms with Crippen LogP contribution in [-0.2, 0) is 0 Å². The number of hydrogen-bond acceptors (Lipinski definition) is 0. The van der Waals surface area contributed by atoms with Gasteiger partial charge in [-0.15, -0.1) is 0 Å². The van der Waals surface area contributed by atoms with Gasteiger partial charge in [-0.3, -0.25) is 0 Å². The standard InChI is InChI=1S/C46H30/c1-2-13-34(14-3-1)45-41-18-8-9-19-42(41)46(35-24-21-32(22-25-35)37-26-23-31-11-4-5-15-36(31)29-37)44-30-38(27-28-43(44)45)40-20-10-16-33-12-6-7-17-39(33)40/h1-30H. The second-order valence-electron chi connectivity index (χ2n) is 12.1. The summed E-state index contributed by atoms with van der Waals surface area (Å²) < 4.78 is 0. The maximum absolute atomic E-state index is 2.42. The van der Waals surface area contributed by atoms with Gasteiger partial charge >= 0.3 is 0 Å². The molecule has 0 radical (unpaired) electrons. The first kappa shape index (κ1) is 26.4. The van der Waals surface area contributed by atoms with Crippen LogP contribution in [0.25, 0.3) is 87.6 Å². The molecule has 0 atom stereocenters. The lowest BCUT2D eigenvalue weighted by Crippen LogP contribution is -1.92. The third kappa shape index (κ3) is 4.38. The number of hydrogen-bond donors (Lipinski definition) is 0. The van der Waals surface area contributed by atoms with Gasteiger partial charge in [0.1, 0.15) is 0 Å². The minimum absolute atomic E-state index is 1.22. The summed E-state index contributed by atoms with van der Waals surface area (Å²) in [7, 11) is 0. The van der Waals surface area contributed by atoms with Crippen LogP contribution in [0.5, 0.6) is 0 Å². The van der Waals surface area contributed by atoms with Crippen molar-refractivity contribution in [3.63, 3.8) is 0 Å². The average Bonchev–Trinajstić information content (AvgIpc) is 3.13. The lowest BCUT2D eigenvalue weighted by atomic mass is 9.84. The van der Waals surface area contributed by atoms with Crippen LogP contribution in [0.1, 0.15) is 0 Å². The molecule has 0 aliphatic rings. The molecule has 9 aromatic rings. The van der Waals surface area contributed by atoms with Gasteiger partial charge in [0.05, 0.1) is 0 Å². The van der Waals surface area contributed by atoms with E-state index in [1.54, 1.807) is 0 Å². The number of rotatable bonds is 4. The van der Waals surface area contributed by atoms with E-state index >= 15 is 0 Å². The molecule has 9 aromatic carbocycles. The highest BCUT2D eigenvalue weighted by atomic mass is 14.2. The quantitative estimate of drug-likeness (QED) is 0.181. The van der Waals surface area contributed by atoms with Crippen LogP contribution in [0.3, 0.4) is 0 Å². The zero-order valence-electron chi connectivity index (χ0n) is 25.3. The number of fused-ring (bicyclic) bond motifs is 4. The molecule has 0 aliphatic heterocycles.